The van der Waals surface area contributed by atoms with Crippen molar-refractivity contribution in [2.75, 3.05) is 12.4 Å². The number of amides is 1. The predicted molar refractivity (Wildman–Crippen MR) is 141 cm³/mol. The van der Waals surface area contributed by atoms with E-state index in [1.807, 2.05) is 18.2 Å². The summed E-state index contributed by atoms with van der Waals surface area (Å²) in [4.78, 5) is 37.3. The van der Waals surface area contributed by atoms with E-state index >= 15 is 0 Å². The molecule has 0 aliphatic carbocycles. The van der Waals surface area contributed by atoms with E-state index < -0.39 is 16.6 Å². The van der Waals surface area contributed by atoms with E-state index in [9.17, 15) is 19.3 Å². The molecule has 0 radical (unpaired) electrons. The number of nitrogens with zero attached hydrogens (tertiary/aromatic N) is 6. The number of aromatic nitrogens is 5. The minimum atomic E-state index is -0.569. The summed E-state index contributed by atoms with van der Waals surface area (Å²) in [5.74, 6) is -0.625. The van der Waals surface area contributed by atoms with Crippen molar-refractivity contribution in [3.05, 3.63) is 81.0 Å². The summed E-state index contributed by atoms with van der Waals surface area (Å²) < 4.78 is 21.6. The summed E-state index contributed by atoms with van der Waals surface area (Å²) in [6, 6.07) is 12.5. The van der Waals surface area contributed by atoms with E-state index in [2.05, 4.69) is 20.4 Å². The second-order valence-electron chi connectivity index (χ2n) is 7.89. The summed E-state index contributed by atoms with van der Waals surface area (Å²) in [7, 11) is 1.36. The number of rotatable bonds is 6. The second-order valence-corrected chi connectivity index (χ2v) is 9.84. The Morgan fingerprint density at radius 3 is 2.82 bits per heavy atom. The lowest BCUT2D eigenvalue weighted by molar-refractivity contribution is -0.380. The van der Waals surface area contributed by atoms with Crippen LogP contribution in [0.15, 0.2) is 60.2 Å². The Morgan fingerprint density at radius 1 is 1.16 bits per heavy atom. The molecule has 4 aromatic heterocycles. The largest absolute Gasteiger partial charge is 0.494 e. The first-order valence-corrected chi connectivity index (χ1v) is 12.6. The first-order valence-electron chi connectivity index (χ1n) is 10.9. The SMILES string of the molecule is COc1cc(-n2ncc3c(NC(=O)c4ccc([N+](=O)[O-])s4)nc(-c4ccc5scnc5c4)nc32)ccc1F. The maximum atomic E-state index is 14.1. The van der Waals surface area contributed by atoms with Crippen LogP contribution < -0.4 is 10.1 Å². The molecular weight excluding hydrogens is 533 g/mol. The van der Waals surface area contributed by atoms with Crippen molar-refractivity contribution in [1.82, 2.24) is 24.7 Å². The molecule has 6 rings (SSSR count). The Morgan fingerprint density at radius 2 is 2.03 bits per heavy atom. The van der Waals surface area contributed by atoms with Crippen LogP contribution in [0.5, 0.6) is 5.75 Å². The highest BCUT2D eigenvalue weighted by Crippen LogP contribution is 2.31. The number of hydrogen-bond acceptors (Lipinski definition) is 10. The molecule has 0 aliphatic heterocycles. The Labute approximate surface area is 220 Å². The van der Waals surface area contributed by atoms with Crippen molar-refractivity contribution >= 4 is 60.6 Å². The third-order valence-corrected chi connectivity index (χ3v) is 7.47. The Bertz CT molecular complexity index is 1880. The van der Waals surface area contributed by atoms with Gasteiger partial charge in [-0.25, -0.2) is 24.0 Å². The summed E-state index contributed by atoms with van der Waals surface area (Å²) >= 11 is 2.25. The van der Waals surface area contributed by atoms with Gasteiger partial charge in [-0.1, -0.05) is 11.3 Å². The molecule has 0 saturated carbocycles. The van der Waals surface area contributed by atoms with Crippen LogP contribution in [0.4, 0.5) is 15.2 Å². The van der Waals surface area contributed by atoms with E-state index in [0.717, 1.165) is 21.6 Å². The minimum Gasteiger partial charge on any atom is -0.494 e. The van der Waals surface area contributed by atoms with Crippen molar-refractivity contribution in [3.8, 4) is 22.8 Å². The lowest BCUT2D eigenvalue weighted by atomic mass is 10.2. The zero-order valence-corrected chi connectivity index (χ0v) is 20.9. The lowest BCUT2D eigenvalue weighted by Gasteiger charge is -2.10. The van der Waals surface area contributed by atoms with E-state index in [1.54, 1.807) is 5.51 Å². The molecule has 0 unspecified atom stereocenters. The van der Waals surface area contributed by atoms with Gasteiger partial charge in [0.1, 0.15) is 5.82 Å². The van der Waals surface area contributed by atoms with Gasteiger partial charge in [0.25, 0.3) is 5.91 Å². The summed E-state index contributed by atoms with van der Waals surface area (Å²) in [6.07, 6.45) is 1.48. The van der Waals surface area contributed by atoms with Gasteiger partial charge >= 0.3 is 5.00 Å². The second kappa shape index (κ2) is 9.24. The highest BCUT2D eigenvalue weighted by atomic mass is 32.1. The number of nitrogens with one attached hydrogen (secondary N) is 1. The van der Waals surface area contributed by atoms with Gasteiger partial charge in [0.05, 0.1) is 49.9 Å². The quantitative estimate of drug-likeness (QED) is 0.214. The zero-order chi connectivity index (χ0) is 26.4. The van der Waals surface area contributed by atoms with Crippen molar-refractivity contribution < 1.29 is 18.8 Å². The Balaban J connectivity index is 1.50. The number of carbonyl (C=O) groups excluding carboxylic acids is 1. The number of fused-ring (bicyclic) bond motifs is 2. The van der Waals surface area contributed by atoms with Crippen LogP contribution >= 0.6 is 22.7 Å². The third kappa shape index (κ3) is 4.10. The van der Waals surface area contributed by atoms with Crippen molar-refractivity contribution in [2.45, 2.75) is 0 Å². The maximum Gasteiger partial charge on any atom is 0.324 e. The fourth-order valence-electron chi connectivity index (χ4n) is 3.82. The summed E-state index contributed by atoms with van der Waals surface area (Å²) in [6.45, 7) is 0. The number of halogens is 1. The van der Waals surface area contributed by atoms with E-state index in [1.165, 1.54) is 59.7 Å². The smallest absolute Gasteiger partial charge is 0.324 e. The highest BCUT2D eigenvalue weighted by Gasteiger charge is 2.21. The molecule has 0 aliphatic rings. The Hall–Kier alpha value is -4.82. The molecule has 1 N–H and O–H groups in total. The van der Waals surface area contributed by atoms with Gasteiger partial charge in [-0.2, -0.15) is 5.10 Å². The van der Waals surface area contributed by atoms with Gasteiger partial charge < -0.3 is 10.1 Å². The number of methoxy groups -OCH3 is 1. The molecule has 0 atom stereocenters. The number of anilines is 1. The van der Waals surface area contributed by atoms with Gasteiger partial charge in [-0.05, 0) is 36.4 Å². The van der Waals surface area contributed by atoms with E-state index in [4.69, 9.17) is 9.72 Å². The highest BCUT2D eigenvalue weighted by molar-refractivity contribution is 7.17. The predicted octanol–water partition coefficient (Wildman–Crippen LogP) is 5.46. The standard InChI is InChI=1S/C24H14FN7O4S2/c1-36-17-9-13(3-4-15(17)25)31-23-14(10-27-31)22(30-24(33)19-6-7-20(38-19)32(34)35)28-21(29-23)12-2-5-18-16(8-12)26-11-37-18/h2-11H,1H3,(H,28,29,30,33). The number of ether oxygens (including phenoxy) is 1. The first-order chi connectivity index (χ1) is 18.4. The topological polar surface area (TPSA) is 138 Å². The van der Waals surface area contributed by atoms with Crippen LogP contribution in [0.2, 0.25) is 0 Å². The van der Waals surface area contributed by atoms with Gasteiger partial charge in [0.15, 0.2) is 23.0 Å². The average molecular weight is 548 g/mol. The fraction of sp³-hybridized carbons (Fsp3) is 0.0417. The van der Waals surface area contributed by atoms with E-state index in [-0.39, 0.29) is 27.3 Å². The van der Waals surface area contributed by atoms with Gasteiger partial charge in [0, 0.05) is 17.7 Å². The average Bonchev–Trinajstić information content (AvgIpc) is 3.68. The maximum absolute atomic E-state index is 14.1. The van der Waals surface area contributed by atoms with Crippen LogP contribution in [0.25, 0.3) is 38.3 Å². The van der Waals surface area contributed by atoms with Crippen molar-refractivity contribution in [1.29, 1.82) is 0 Å². The minimum absolute atomic E-state index is 0.0298. The first kappa shape index (κ1) is 23.6. The molecule has 0 bridgehead atoms. The van der Waals surface area contributed by atoms with Crippen LogP contribution in [0.1, 0.15) is 9.67 Å². The van der Waals surface area contributed by atoms with E-state index in [0.29, 0.717) is 22.3 Å². The van der Waals surface area contributed by atoms with Gasteiger partial charge in [-0.15, -0.1) is 11.3 Å². The number of carbonyl (C=O) groups is 1. The molecule has 4 heterocycles. The van der Waals surface area contributed by atoms with Crippen LogP contribution in [-0.4, -0.2) is 42.7 Å². The molecule has 0 saturated heterocycles. The zero-order valence-electron chi connectivity index (χ0n) is 19.3. The van der Waals surface area contributed by atoms with Crippen LogP contribution in [-0.2, 0) is 0 Å². The van der Waals surface area contributed by atoms with Gasteiger partial charge in [0.2, 0.25) is 0 Å². The monoisotopic (exact) mass is 547 g/mol. The molecule has 1 amide bonds. The van der Waals surface area contributed by atoms with Crippen molar-refractivity contribution in [3.63, 3.8) is 0 Å². The number of nitro groups is 1. The molecule has 188 valence electrons. The molecule has 2 aromatic carbocycles. The number of hydrogen-bond donors (Lipinski definition) is 1. The number of thiophene rings is 1. The molecule has 14 heteroatoms. The summed E-state index contributed by atoms with van der Waals surface area (Å²) in [5.41, 5.74) is 3.97. The molecule has 11 nitrogen and oxygen atoms in total. The molecule has 0 fully saturated rings. The Kier molecular flexibility index (Phi) is 5.73. The number of benzene rings is 2. The normalized spacial score (nSPS) is 11.2. The molecule has 38 heavy (non-hydrogen) atoms. The summed E-state index contributed by atoms with van der Waals surface area (Å²) in [5, 5.41) is 18.5. The van der Waals surface area contributed by atoms with Crippen LogP contribution in [0, 0.1) is 15.9 Å². The fourth-order valence-corrected chi connectivity index (χ4v) is 5.19. The molecule has 6 aromatic rings. The van der Waals surface area contributed by atoms with Gasteiger partial charge in [-0.3, -0.25) is 14.9 Å². The molecular formula is C24H14FN7O4S2. The lowest BCUT2D eigenvalue weighted by Crippen LogP contribution is -2.12. The van der Waals surface area contributed by atoms with Crippen molar-refractivity contribution in [2.24, 2.45) is 0 Å². The third-order valence-electron chi connectivity index (χ3n) is 5.62. The molecule has 0 spiro atoms. The number of thiazole rings is 1. The van der Waals surface area contributed by atoms with Crippen LogP contribution in [0.3, 0.4) is 0 Å².